The average molecular weight is 233 g/mol. The minimum Gasteiger partial charge on any atom is -0.423 e. The van der Waals surface area contributed by atoms with Crippen LogP contribution in [0.5, 0.6) is 0 Å². The van der Waals surface area contributed by atoms with Gasteiger partial charge in [-0.2, -0.15) is 0 Å². The minimum atomic E-state index is -0.747. The lowest BCUT2D eigenvalue weighted by atomic mass is 10.4. The maximum Gasteiger partial charge on any atom is 0.510 e. The van der Waals surface area contributed by atoms with Crippen molar-refractivity contribution in [3.63, 3.8) is 0 Å². The molecule has 0 aliphatic rings. The summed E-state index contributed by atoms with van der Waals surface area (Å²) in [6.45, 7) is 0. The van der Waals surface area contributed by atoms with Gasteiger partial charge in [0.05, 0.1) is 0 Å². The van der Waals surface area contributed by atoms with Crippen molar-refractivity contribution in [3.05, 3.63) is 30.3 Å². The Morgan fingerprint density at radius 2 is 2.00 bits per heavy atom. The summed E-state index contributed by atoms with van der Waals surface area (Å²) >= 11 is 6.57. The van der Waals surface area contributed by atoms with Crippen LogP contribution in [-0.2, 0) is 9.47 Å². The lowest BCUT2D eigenvalue weighted by Crippen LogP contribution is -2.05. The second-order valence-corrected chi connectivity index (χ2v) is 3.44. The zero-order valence-electron chi connectivity index (χ0n) is 7.31. The number of thioether (sulfide) groups is 1. The number of ether oxygens (including phenoxy) is 2. The molecule has 0 saturated carbocycles. The minimum absolute atomic E-state index is 0.186. The normalized spacial score (nSPS) is 9.50. The van der Waals surface area contributed by atoms with Crippen LogP contribution in [0.4, 0.5) is 4.79 Å². The van der Waals surface area contributed by atoms with Gasteiger partial charge >= 0.3 is 6.16 Å². The van der Waals surface area contributed by atoms with Gasteiger partial charge in [-0.05, 0) is 12.1 Å². The third-order valence-corrected chi connectivity index (χ3v) is 2.27. The third-order valence-electron chi connectivity index (χ3n) is 1.32. The molecule has 0 atom stereocenters. The maximum absolute atomic E-state index is 10.7. The smallest absolute Gasteiger partial charge is 0.423 e. The summed E-state index contributed by atoms with van der Waals surface area (Å²) in [6.07, 6.45) is -0.747. The standard InChI is InChI=1S/C9H9ClO3S/c10-6-12-9(11)13-7-14-8-4-2-1-3-5-8/h1-5H,6-7H2. The van der Waals surface area contributed by atoms with Crippen molar-refractivity contribution < 1.29 is 14.3 Å². The molecule has 14 heavy (non-hydrogen) atoms. The van der Waals surface area contributed by atoms with E-state index < -0.39 is 6.16 Å². The highest BCUT2D eigenvalue weighted by Crippen LogP contribution is 2.16. The lowest BCUT2D eigenvalue weighted by Gasteiger charge is -2.03. The van der Waals surface area contributed by atoms with E-state index in [0.717, 1.165) is 4.90 Å². The van der Waals surface area contributed by atoms with Crippen LogP contribution in [0.15, 0.2) is 35.2 Å². The fourth-order valence-corrected chi connectivity index (χ4v) is 1.48. The molecular formula is C9H9ClO3S. The molecule has 0 spiro atoms. The Balaban J connectivity index is 2.19. The molecule has 0 fully saturated rings. The molecule has 0 aliphatic heterocycles. The van der Waals surface area contributed by atoms with Crippen LogP contribution in [-0.4, -0.2) is 18.2 Å². The predicted octanol–water partition coefficient (Wildman–Crippen LogP) is 3.09. The molecule has 76 valence electrons. The van der Waals surface area contributed by atoms with Gasteiger partial charge in [0.2, 0.25) is 0 Å². The number of alkyl halides is 1. The Kier molecular flexibility index (Phi) is 5.25. The van der Waals surface area contributed by atoms with E-state index in [0.29, 0.717) is 0 Å². The molecule has 0 aliphatic carbocycles. The van der Waals surface area contributed by atoms with E-state index in [2.05, 4.69) is 4.74 Å². The molecule has 1 aromatic rings. The highest BCUT2D eigenvalue weighted by Gasteiger charge is 2.01. The molecular weight excluding hydrogens is 224 g/mol. The van der Waals surface area contributed by atoms with Gasteiger partial charge < -0.3 is 9.47 Å². The van der Waals surface area contributed by atoms with Crippen molar-refractivity contribution in [2.75, 3.05) is 12.0 Å². The van der Waals surface area contributed by atoms with Crippen LogP contribution in [0.1, 0.15) is 0 Å². The molecule has 0 radical (unpaired) electrons. The van der Waals surface area contributed by atoms with Crippen molar-refractivity contribution in [1.29, 1.82) is 0 Å². The maximum atomic E-state index is 10.7. The molecule has 0 amide bonds. The van der Waals surface area contributed by atoms with Gasteiger partial charge in [0.15, 0.2) is 6.07 Å². The van der Waals surface area contributed by atoms with Gasteiger partial charge in [0.1, 0.15) is 5.94 Å². The predicted molar refractivity (Wildman–Crippen MR) is 55.5 cm³/mol. The summed E-state index contributed by atoms with van der Waals surface area (Å²) in [5, 5.41) is 0. The van der Waals surface area contributed by atoms with Crippen LogP contribution in [0.2, 0.25) is 0 Å². The highest BCUT2D eigenvalue weighted by atomic mass is 35.5. The quantitative estimate of drug-likeness (QED) is 0.346. The first-order chi connectivity index (χ1) is 6.83. The summed E-state index contributed by atoms with van der Waals surface area (Å²) in [7, 11) is 0. The van der Waals surface area contributed by atoms with Crippen LogP contribution < -0.4 is 0 Å². The van der Waals surface area contributed by atoms with Crippen molar-refractivity contribution in [1.82, 2.24) is 0 Å². The first-order valence-corrected chi connectivity index (χ1v) is 5.38. The van der Waals surface area contributed by atoms with E-state index in [-0.39, 0.29) is 12.0 Å². The number of hydrogen-bond acceptors (Lipinski definition) is 4. The number of rotatable bonds is 4. The molecule has 1 aromatic carbocycles. The first kappa shape index (κ1) is 11.2. The van der Waals surface area contributed by atoms with E-state index in [1.54, 1.807) is 0 Å². The molecule has 0 N–H and O–H groups in total. The highest BCUT2D eigenvalue weighted by molar-refractivity contribution is 7.99. The largest absolute Gasteiger partial charge is 0.510 e. The summed E-state index contributed by atoms with van der Waals surface area (Å²) in [4.78, 5) is 11.7. The van der Waals surface area contributed by atoms with E-state index >= 15 is 0 Å². The molecule has 0 heterocycles. The number of halogens is 1. The summed E-state index contributed by atoms with van der Waals surface area (Å²) in [5.41, 5.74) is 0. The number of hydrogen-bond donors (Lipinski definition) is 0. The molecule has 0 aromatic heterocycles. The van der Waals surface area contributed by atoms with Crippen molar-refractivity contribution in [2.24, 2.45) is 0 Å². The fraction of sp³-hybridized carbons (Fsp3) is 0.222. The van der Waals surface area contributed by atoms with Gasteiger partial charge in [0.25, 0.3) is 0 Å². The van der Waals surface area contributed by atoms with Gasteiger partial charge in [-0.1, -0.05) is 41.6 Å². The van der Waals surface area contributed by atoms with Crippen molar-refractivity contribution in [3.8, 4) is 0 Å². The van der Waals surface area contributed by atoms with E-state index in [9.17, 15) is 4.79 Å². The van der Waals surface area contributed by atoms with Gasteiger partial charge in [-0.25, -0.2) is 4.79 Å². The van der Waals surface area contributed by atoms with Gasteiger partial charge in [-0.3, -0.25) is 0 Å². The Labute approximate surface area is 91.3 Å². The fourth-order valence-electron chi connectivity index (χ4n) is 0.749. The SMILES string of the molecule is O=C(OCCl)OCSc1ccccc1. The Hall–Kier alpha value is -0.870. The molecule has 0 saturated heterocycles. The molecule has 3 nitrogen and oxygen atoms in total. The second kappa shape index (κ2) is 6.56. The number of carbonyl (C=O) groups is 1. The van der Waals surface area contributed by atoms with Gasteiger partial charge in [-0.15, -0.1) is 0 Å². The molecule has 5 heteroatoms. The zero-order chi connectivity index (χ0) is 10.2. The molecule has 0 unspecified atom stereocenters. The number of benzene rings is 1. The average Bonchev–Trinajstić information content (AvgIpc) is 2.20. The third kappa shape index (κ3) is 4.39. The Morgan fingerprint density at radius 3 is 2.64 bits per heavy atom. The summed E-state index contributed by atoms with van der Waals surface area (Å²) in [5.74, 6) is 0.222. The topological polar surface area (TPSA) is 35.5 Å². The molecule has 1 rings (SSSR count). The van der Waals surface area contributed by atoms with Crippen LogP contribution in [0.25, 0.3) is 0 Å². The van der Waals surface area contributed by atoms with Gasteiger partial charge in [0, 0.05) is 4.90 Å². The summed E-state index contributed by atoms with van der Waals surface area (Å²) in [6, 6.07) is 9.43. The van der Waals surface area contributed by atoms with Crippen LogP contribution in [0, 0.1) is 0 Å². The van der Waals surface area contributed by atoms with Crippen molar-refractivity contribution in [2.45, 2.75) is 4.90 Å². The molecule has 0 bridgehead atoms. The van der Waals surface area contributed by atoms with Crippen LogP contribution in [0.3, 0.4) is 0 Å². The Bertz CT molecular complexity index is 279. The monoisotopic (exact) mass is 232 g/mol. The van der Waals surface area contributed by atoms with Crippen LogP contribution >= 0.6 is 23.4 Å². The summed E-state index contributed by atoms with van der Waals surface area (Å²) < 4.78 is 9.07. The number of carbonyl (C=O) groups excluding carboxylic acids is 1. The lowest BCUT2D eigenvalue weighted by molar-refractivity contribution is 0.0825. The Morgan fingerprint density at radius 1 is 1.29 bits per heavy atom. The van der Waals surface area contributed by atoms with E-state index in [1.807, 2.05) is 30.3 Å². The van der Waals surface area contributed by atoms with Crippen molar-refractivity contribution >= 4 is 29.5 Å². The van der Waals surface area contributed by atoms with E-state index in [4.69, 9.17) is 16.3 Å². The van der Waals surface area contributed by atoms with E-state index in [1.165, 1.54) is 11.8 Å². The zero-order valence-corrected chi connectivity index (χ0v) is 8.88. The second-order valence-electron chi connectivity index (χ2n) is 2.22. The first-order valence-electron chi connectivity index (χ1n) is 3.86.